The van der Waals surface area contributed by atoms with Gasteiger partial charge in [-0.15, -0.1) is 0 Å². The molecule has 1 aliphatic heterocycles. The van der Waals surface area contributed by atoms with Crippen molar-refractivity contribution in [3.8, 4) is 0 Å². The van der Waals surface area contributed by atoms with Crippen LogP contribution < -0.4 is 0 Å². The van der Waals surface area contributed by atoms with Crippen molar-refractivity contribution in [1.82, 2.24) is 24.6 Å². The second kappa shape index (κ2) is 5.05. The van der Waals surface area contributed by atoms with Crippen molar-refractivity contribution in [1.29, 1.82) is 0 Å². The Morgan fingerprint density at radius 2 is 2.15 bits per heavy atom. The molecule has 1 aliphatic rings. The molecule has 20 heavy (non-hydrogen) atoms. The number of hydrogen-bond donors (Lipinski definition) is 1. The zero-order valence-corrected chi connectivity index (χ0v) is 12.8. The van der Waals surface area contributed by atoms with Crippen LogP contribution in [0.2, 0.25) is 0 Å². The molecular formula is C15H23N5. The van der Waals surface area contributed by atoms with Crippen LogP contribution in [-0.2, 0) is 13.6 Å². The third-order valence-electron chi connectivity index (χ3n) is 4.42. The summed E-state index contributed by atoms with van der Waals surface area (Å²) in [5.41, 5.74) is 4.92. The number of hydrogen-bond acceptors (Lipinski definition) is 3. The second-order valence-electron chi connectivity index (χ2n) is 5.85. The Morgan fingerprint density at radius 1 is 1.35 bits per heavy atom. The van der Waals surface area contributed by atoms with Gasteiger partial charge in [0.15, 0.2) is 0 Å². The fourth-order valence-corrected chi connectivity index (χ4v) is 3.18. The molecule has 1 N–H and O–H groups in total. The Morgan fingerprint density at radius 3 is 2.75 bits per heavy atom. The van der Waals surface area contributed by atoms with E-state index in [0.29, 0.717) is 6.04 Å². The minimum atomic E-state index is 0.419. The van der Waals surface area contributed by atoms with Crippen LogP contribution in [0.15, 0.2) is 6.20 Å². The summed E-state index contributed by atoms with van der Waals surface area (Å²) < 4.78 is 1.98. The molecule has 2 aromatic heterocycles. The SMILES string of the molecule is Cc1cnc([C@H]2CCCN2Cc2c(C)nn(C)c2C)[nH]1. The zero-order chi connectivity index (χ0) is 14.3. The molecule has 0 bridgehead atoms. The number of aryl methyl sites for hydroxylation is 3. The zero-order valence-electron chi connectivity index (χ0n) is 12.8. The van der Waals surface area contributed by atoms with Crippen LogP contribution in [-0.4, -0.2) is 31.2 Å². The molecular weight excluding hydrogens is 250 g/mol. The summed E-state index contributed by atoms with van der Waals surface area (Å²) in [4.78, 5) is 10.4. The molecule has 0 spiro atoms. The average molecular weight is 273 g/mol. The minimum absolute atomic E-state index is 0.419. The van der Waals surface area contributed by atoms with E-state index in [2.05, 4.69) is 40.7 Å². The van der Waals surface area contributed by atoms with Crippen molar-refractivity contribution < 1.29 is 0 Å². The van der Waals surface area contributed by atoms with Crippen LogP contribution in [0.5, 0.6) is 0 Å². The number of H-pyrrole nitrogens is 1. The molecule has 2 aromatic rings. The molecule has 5 heteroatoms. The van der Waals surface area contributed by atoms with Gasteiger partial charge in [0.05, 0.1) is 11.7 Å². The molecule has 0 aliphatic carbocycles. The first-order valence-corrected chi connectivity index (χ1v) is 7.31. The van der Waals surface area contributed by atoms with Crippen LogP contribution in [0.25, 0.3) is 0 Å². The Balaban J connectivity index is 1.82. The Kier molecular flexibility index (Phi) is 3.38. The second-order valence-corrected chi connectivity index (χ2v) is 5.85. The Hall–Kier alpha value is -1.62. The van der Waals surface area contributed by atoms with E-state index in [4.69, 9.17) is 0 Å². The lowest BCUT2D eigenvalue weighted by Gasteiger charge is -2.23. The highest BCUT2D eigenvalue weighted by Gasteiger charge is 2.29. The van der Waals surface area contributed by atoms with E-state index in [1.165, 1.54) is 24.1 Å². The molecule has 0 amide bonds. The predicted molar refractivity (Wildman–Crippen MR) is 78.4 cm³/mol. The van der Waals surface area contributed by atoms with Crippen molar-refractivity contribution in [3.05, 3.63) is 34.7 Å². The van der Waals surface area contributed by atoms with Crippen LogP contribution in [0.1, 0.15) is 47.4 Å². The number of likely N-dealkylation sites (tertiary alicyclic amines) is 1. The van der Waals surface area contributed by atoms with Crippen LogP contribution in [0.3, 0.4) is 0 Å². The van der Waals surface area contributed by atoms with Crippen molar-refractivity contribution in [2.24, 2.45) is 7.05 Å². The van der Waals surface area contributed by atoms with Gasteiger partial charge >= 0.3 is 0 Å². The number of imidazole rings is 1. The molecule has 0 saturated carbocycles. The minimum Gasteiger partial charge on any atom is -0.345 e. The van der Waals surface area contributed by atoms with Crippen molar-refractivity contribution in [2.45, 2.75) is 46.2 Å². The summed E-state index contributed by atoms with van der Waals surface area (Å²) in [7, 11) is 2.02. The molecule has 0 radical (unpaired) electrons. The molecule has 0 aromatic carbocycles. The smallest absolute Gasteiger partial charge is 0.123 e. The van der Waals surface area contributed by atoms with Crippen molar-refractivity contribution >= 4 is 0 Å². The summed E-state index contributed by atoms with van der Waals surface area (Å²) in [6.07, 6.45) is 4.35. The maximum Gasteiger partial charge on any atom is 0.123 e. The summed E-state index contributed by atoms with van der Waals surface area (Å²) in [5, 5.41) is 4.52. The van der Waals surface area contributed by atoms with Gasteiger partial charge in [0.25, 0.3) is 0 Å². The van der Waals surface area contributed by atoms with E-state index in [9.17, 15) is 0 Å². The summed E-state index contributed by atoms with van der Waals surface area (Å²) in [6.45, 7) is 8.42. The number of aromatic nitrogens is 4. The first kappa shape index (κ1) is 13.4. The topological polar surface area (TPSA) is 49.7 Å². The highest BCUT2D eigenvalue weighted by Crippen LogP contribution is 2.32. The molecule has 3 heterocycles. The average Bonchev–Trinajstić information content (AvgIpc) is 3.07. The number of nitrogens with one attached hydrogen (secondary N) is 1. The van der Waals surface area contributed by atoms with Gasteiger partial charge < -0.3 is 4.98 Å². The third kappa shape index (κ3) is 2.26. The van der Waals surface area contributed by atoms with Gasteiger partial charge in [0.1, 0.15) is 5.82 Å². The van der Waals surface area contributed by atoms with E-state index in [0.717, 1.165) is 30.3 Å². The van der Waals surface area contributed by atoms with Crippen molar-refractivity contribution in [2.75, 3.05) is 6.54 Å². The number of nitrogens with zero attached hydrogens (tertiary/aromatic N) is 4. The monoisotopic (exact) mass is 273 g/mol. The molecule has 1 atom stereocenters. The van der Waals surface area contributed by atoms with Crippen LogP contribution in [0, 0.1) is 20.8 Å². The highest BCUT2D eigenvalue weighted by molar-refractivity contribution is 5.24. The van der Waals surface area contributed by atoms with E-state index in [1.807, 2.05) is 17.9 Å². The maximum atomic E-state index is 4.52. The summed E-state index contributed by atoms with van der Waals surface area (Å²) in [5.74, 6) is 1.11. The summed E-state index contributed by atoms with van der Waals surface area (Å²) in [6, 6.07) is 0.419. The number of rotatable bonds is 3. The normalized spacial score (nSPS) is 19.9. The molecule has 0 unspecified atom stereocenters. The van der Waals surface area contributed by atoms with E-state index < -0.39 is 0 Å². The first-order chi connectivity index (χ1) is 9.56. The lowest BCUT2D eigenvalue weighted by atomic mass is 10.1. The standard InChI is InChI=1S/C15H23N5/c1-10-8-16-15(17-10)14-6-5-7-20(14)9-13-11(2)18-19(4)12(13)3/h8,14H,5-7,9H2,1-4H3,(H,16,17)/t14-/m1/s1. The Labute approximate surface area is 120 Å². The molecule has 108 valence electrons. The van der Waals surface area contributed by atoms with Gasteiger partial charge in [-0.2, -0.15) is 5.10 Å². The van der Waals surface area contributed by atoms with E-state index in [1.54, 1.807) is 0 Å². The van der Waals surface area contributed by atoms with Gasteiger partial charge in [0, 0.05) is 36.7 Å². The van der Waals surface area contributed by atoms with Gasteiger partial charge in [0.2, 0.25) is 0 Å². The highest BCUT2D eigenvalue weighted by atomic mass is 15.3. The molecule has 1 saturated heterocycles. The lowest BCUT2D eigenvalue weighted by molar-refractivity contribution is 0.240. The lowest BCUT2D eigenvalue weighted by Crippen LogP contribution is -2.24. The van der Waals surface area contributed by atoms with Gasteiger partial charge in [-0.05, 0) is 40.2 Å². The van der Waals surface area contributed by atoms with Gasteiger partial charge in [-0.25, -0.2) is 4.98 Å². The number of aromatic amines is 1. The largest absolute Gasteiger partial charge is 0.345 e. The third-order valence-corrected chi connectivity index (χ3v) is 4.42. The van der Waals surface area contributed by atoms with Crippen LogP contribution in [0.4, 0.5) is 0 Å². The Bertz CT molecular complexity index is 610. The fourth-order valence-electron chi connectivity index (χ4n) is 3.18. The van der Waals surface area contributed by atoms with Gasteiger partial charge in [-0.3, -0.25) is 9.58 Å². The van der Waals surface area contributed by atoms with E-state index in [-0.39, 0.29) is 0 Å². The molecule has 5 nitrogen and oxygen atoms in total. The quantitative estimate of drug-likeness (QED) is 0.934. The fraction of sp³-hybridized carbons (Fsp3) is 0.600. The predicted octanol–water partition coefficient (Wildman–Crippen LogP) is 2.41. The first-order valence-electron chi connectivity index (χ1n) is 7.31. The summed E-state index contributed by atoms with van der Waals surface area (Å²) >= 11 is 0. The van der Waals surface area contributed by atoms with Gasteiger partial charge in [-0.1, -0.05) is 0 Å². The molecule has 1 fully saturated rings. The van der Waals surface area contributed by atoms with Crippen molar-refractivity contribution in [3.63, 3.8) is 0 Å². The van der Waals surface area contributed by atoms with Crippen LogP contribution >= 0.6 is 0 Å². The maximum absolute atomic E-state index is 4.52. The van der Waals surface area contributed by atoms with E-state index >= 15 is 0 Å². The molecule has 3 rings (SSSR count).